The Morgan fingerprint density at radius 3 is 2.78 bits per heavy atom. The van der Waals surface area contributed by atoms with Crippen LogP contribution in [0.3, 0.4) is 0 Å². The molecular formula is C14H23N3S. The summed E-state index contributed by atoms with van der Waals surface area (Å²) in [6, 6.07) is 0. The third-order valence-corrected chi connectivity index (χ3v) is 5.45. The number of nitrogens with one attached hydrogen (secondary N) is 2. The van der Waals surface area contributed by atoms with Crippen LogP contribution in [0.25, 0.3) is 0 Å². The standard InChI is InChI=1S/C14H23N3S/c1-5-8-15-12(18)17-16-11-9-10-6-7-14(11,4)13(10,2)3/h5,10H,1,6-9H2,2-4H3,(H2,15,17,18)/b16-11+/t10-,14+/m0/s1. The van der Waals surface area contributed by atoms with Crippen LogP contribution >= 0.6 is 12.2 Å². The molecule has 0 radical (unpaired) electrons. The second-order valence-corrected chi connectivity index (χ2v) is 6.57. The maximum absolute atomic E-state index is 5.16. The Labute approximate surface area is 115 Å². The molecule has 2 N–H and O–H groups in total. The molecule has 0 saturated heterocycles. The monoisotopic (exact) mass is 265 g/mol. The van der Waals surface area contributed by atoms with Crippen molar-refractivity contribution in [2.75, 3.05) is 6.54 Å². The van der Waals surface area contributed by atoms with Gasteiger partial charge >= 0.3 is 0 Å². The van der Waals surface area contributed by atoms with Gasteiger partial charge in [0.25, 0.3) is 0 Å². The molecule has 2 aliphatic carbocycles. The van der Waals surface area contributed by atoms with E-state index in [4.69, 9.17) is 12.2 Å². The molecule has 0 aromatic carbocycles. The lowest BCUT2D eigenvalue weighted by Crippen LogP contribution is -2.36. The Bertz CT molecular complexity index is 400. The van der Waals surface area contributed by atoms with Crippen molar-refractivity contribution < 1.29 is 0 Å². The SMILES string of the molecule is C=CCNC(=S)N/N=C1\C[C@@H]2CC[C@@]1(C)C2(C)C. The van der Waals surface area contributed by atoms with Crippen molar-refractivity contribution >= 4 is 23.0 Å². The number of fused-ring (bicyclic) bond motifs is 2. The van der Waals surface area contributed by atoms with Crippen molar-refractivity contribution in [2.24, 2.45) is 21.8 Å². The van der Waals surface area contributed by atoms with E-state index in [1.54, 1.807) is 6.08 Å². The van der Waals surface area contributed by atoms with Crippen LogP contribution in [0.15, 0.2) is 17.8 Å². The van der Waals surface area contributed by atoms with Crippen LogP contribution in [0.2, 0.25) is 0 Å². The highest BCUT2D eigenvalue weighted by Crippen LogP contribution is 2.63. The molecule has 0 spiro atoms. The number of hydrogen-bond donors (Lipinski definition) is 2. The van der Waals surface area contributed by atoms with Crippen LogP contribution in [0.5, 0.6) is 0 Å². The Balaban J connectivity index is 2.03. The van der Waals surface area contributed by atoms with Crippen LogP contribution in [0.1, 0.15) is 40.0 Å². The van der Waals surface area contributed by atoms with E-state index in [0.717, 1.165) is 12.3 Å². The number of hydrazone groups is 1. The molecule has 0 aromatic rings. The number of thiocarbonyl (C=S) groups is 1. The van der Waals surface area contributed by atoms with Crippen molar-refractivity contribution in [1.82, 2.24) is 10.7 Å². The molecule has 2 rings (SSSR count). The quantitative estimate of drug-likeness (QED) is 0.468. The fraction of sp³-hybridized carbons (Fsp3) is 0.714. The minimum absolute atomic E-state index is 0.235. The zero-order valence-corrected chi connectivity index (χ0v) is 12.4. The summed E-state index contributed by atoms with van der Waals surface area (Å²) in [7, 11) is 0. The molecule has 2 aliphatic rings. The summed E-state index contributed by atoms with van der Waals surface area (Å²) in [5.41, 5.74) is 4.85. The smallest absolute Gasteiger partial charge is 0.187 e. The minimum atomic E-state index is 0.235. The van der Waals surface area contributed by atoms with E-state index >= 15 is 0 Å². The molecule has 0 unspecified atom stereocenters. The van der Waals surface area contributed by atoms with Crippen molar-refractivity contribution in [3.05, 3.63) is 12.7 Å². The van der Waals surface area contributed by atoms with Gasteiger partial charge in [-0.25, -0.2) is 0 Å². The molecule has 2 saturated carbocycles. The molecule has 0 aliphatic heterocycles. The molecule has 3 nitrogen and oxygen atoms in total. The van der Waals surface area contributed by atoms with Gasteiger partial charge in [0, 0.05) is 17.7 Å². The van der Waals surface area contributed by atoms with Crippen LogP contribution in [0.4, 0.5) is 0 Å². The average molecular weight is 265 g/mol. The van der Waals surface area contributed by atoms with E-state index in [1.165, 1.54) is 18.6 Å². The Kier molecular flexibility index (Phi) is 3.49. The average Bonchev–Trinajstić information content (AvgIpc) is 2.66. The molecular weight excluding hydrogens is 242 g/mol. The van der Waals surface area contributed by atoms with E-state index in [0.29, 0.717) is 17.1 Å². The van der Waals surface area contributed by atoms with Crippen molar-refractivity contribution in [3.63, 3.8) is 0 Å². The molecule has 100 valence electrons. The van der Waals surface area contributed by atoms with Gasteiger partial charge < -0.3 is 5.32 Å². The molecule has 0 amide bonds. The zero-order valence-electron chi connectivity index (χ0n) is 11.5. The first-order valence-electron chi connectivity index (χ1n) is 6.63. The highest BCUT2D eigenvalue weighted by molar-refractivity contribution is 7.80. The summed E-state index contributed by atoms with van der Waals surface area (Å²) in [6.45, 7) is 11.4. The van der Waals surface area contributed by atoms with Gasteiger partial charge in [0.1, 0.15) is 0 Å². The van der Waals surface area contributed by atoms with Gasteiger partial charge in [-0.05, 0) is 42.8 Å². The molecule has 2 bridgehead atoms. The third kappa shape index (κ3) is 1.96. The second-order valence-electron chi connectivity index (χ2n) is 6.16. The van der Waals surface area contributed by atoms with E-state index in [9.17, 15) is 0 Å². The maximum Gasteiger partial charge on any atom is 0.187 e. The van der Waals surface area contributed by atoms with Gasteiger partial charge in [-0.15, -0.1) is 6.58 Å². The topological polar surface area (TPSA) is 36.4 Å². The molecule has 0 aromatic heterocycles. The lowest BCUT2D eigenvalue weighted by atomic mass is 9.70. The molecule has 2 atom stereocenters. The minimum Gasteiger partial charge on any atom is -0.358 e. The van der Waals surface area contributed by atoms with Gasteiger partial charge in [0.15, 0.2) is 5.11 Å². The number of hydrogen-bond acceptors (Lipinski definition) is 2. The summed E-state index contributed by atoms with van der Waals surface area (Å²) in [5, 5.41) is 8.16. The van der Waals surface area contributed by atoms with Crippen LogP contribution in [-0.2, 0) is 0 Å². The first-order valence-corrected chi connectivity index (χ1v) is 7.04. The van der Waals surface area contributed by atoms with Crippen molar-refractivity contribution in [1.29, 1.82) is 0 Å². The largest absolute Gasteiger partial charge is 0.358 e. The Morgan fingerprint density at radius 2 is 2.28 bits per heavy atom. The summed E-state index contributed by atoms with van der Waals surface area (Å²) in [6.07, 6.45) is 5.48. The Morgan fingerprint density at radius 1 is 1.56 bits per heavy atom. The first kappa shape index (κ1) is 13.5. The third-order valence-electron chi connectivity index (χ3n) is 5.21. The fourth-order valence-electron chi connectivity index (χ4n) is 3.42. The molecule has 0 heterocycles. The lowest BCUT2D eigenvalue weighted by Gasteiger charge is -2.34. The summed E-state index contributed by atoms with van der Waals surface area (Å²) >= 11 is 5.16. The highest BCUT2D eigenvalue weighted by atomic mass is 32.1. The van der Waals surface area contributed by atoms with Gasteiger partial charge in [0.2, 0.25) is 0 Å². The van der Waals surface area contributed by atoms with E-state index < -0.39 is 0 Å². The second kappa shape index (κ2) is 4.65. The van der Waals surface area contributed by atoms with Gasteiger partial charge in [-0.3, -0.25) is 5.43 Å². The van der Waals surface area contributed by atoms with E-state index in [-0.39, 0.29) is 5.41 Å². The number of rotatable bonds is 3. The van der Waals surface area contributed by atoms with Crippen LogP contribution < -0.4 is 10.7 Å². The fourth-order valence-corrected chi connectivity index (χ4v) is 3.55. The van der Waals surface area contributed by atoms with Gasteiger partial charge in [-0.1, -0.05) is 26.8 Å². The van der Waals surface area contributed by atoms with Crippen LogP contribution in [0, 0.1) is 16.7 Å². The maximum atomic E-state index is 5.16. The van der Waals surface area contributed by atoms with Gasteiger partial charge in [0.05, 0.1) is 0 Å². The summed E-state index contributed by atoms with van der Waals surface area (Å²) in [4.78, 5) is 0. The predicted octanol–water partition coefficient (Wildman–Crippen LogP) is 2.84. The van der Waals surface area contributed by atoms with Gasteiger partial charge in [-0.2, -0.15) is 5.10 Å². The van der Waals surface area contributed by atoms with Crippen molar-refractivity contribution in [3.8, 4) is 0 Å². The highest BCUT2D eigenvalue weighted by Gasteiger charge is 2.59. The summed E-state index contributed by atoms with van der Waals surface area (Å²) < 4.78 is 0. The molecule has 18 heavy (non-hydrogen) atoms. The molecule has 2 fully saturated rings. The van der Waals surface area contributed by atoms with Crippen LogP contribution in [-0.4, -0.2) is 17.4 Å². The Hall–Kier alpha value is -0.900. The van der Waals surface area contributed by atoms with Crippen molar-refractivity contribution in [2.45, 2.75) is 40.0 Å². The van der Waals surface area contributed by atoms with E-state index in [2.05, 4.69) is 43.2 Å². The first-order chi connectivity index (χ1) is 8.41. The number of nitrogens with zero attached hydrogens (tertiary/aromatic N) is 1. The zero-order chi connectivity index (χ0) is 13.4. The lowest BCUT2D eigenvalue weighted by molar-refractivity contribution is 0.193. The predicted molar refractivity (Wildman–Crippen MR) is 80.6 cm³/mol. The molecule has 4 heteroatoms. The van der Waals surface area contributed by atoms with E-state index in [1.807, 2.05) is 0 Å². The summed E-state index contributed by atoms with van der Waals surface area (Å²) in [5.74, 6) is 0.776. The normalized spacial score (nSPS) is 34.6.